The summed E-state index contributed by atoms with van der Waals surface area (Å²) in [6, 6.07) is 5.11. The van der Waals surface area contributed by atoms with Crippen molar-refractivity contribution in [1.29, 1.82) is 5.26 Å². The SMILES string of the molecule is C[C@H]1O[C@@H](n2c(Cl)c(C#N)c3cc(Cl)c(Cl)cc32)C(O)C1O. The first-order valence-corrected chi connectivity index (χ1v) is 7.60. The summed E-state index contributed by atoms with van der Waals surface area (Å²) in [4.78, 5) is 0. The molecule has 0 spiro atoms. The maximum atomic E-state index is 10.2. The lowest BCUT2D eigenvalue weighted by molar-refractivity contribution is -0.0291. The molecule has 3 rings (SSSR count). The Morgan fingerprint density at radius 1 is 1.18 bits per heavy atom. The third kappa shape index (κ3) is 2.19. The number of ether oxygens (including phenoxy) is 1. The number of aliphatic hydroxyl groups excluding tert-OH is 2. The quantitative estimate of drug-likeness (QED) is 0.818. The van der Waals surface area contributed by atoms with Crippen molar-refractivity contribution in [3.05, 3.63) is 32.9 Å². The molecule has 5 nitrogen and oxygen atoms in total. The normalized spacial score (nSPS) is 28.2. The van der Waals surface area contributed by atoms with Gasteiger partial charge in [0, 0.05) is 5.39 Å². The molecular weight excluding hydrogens is 351 g/mol. The Balaban J connectivity index is 2.29. The number of hydrogen-bond acceptors (Lipinski definition) is 4. The van der Waals surface area contributed by atoms with Crippen molar-refractivity contribution >= 4 is 45.7 Å². The van der Waals surface area contributed by atoms with E-state index in [4.69, 9.17) is 39.5 Å². The van der Waals surface area contributed by atoms with Crippen LogP contribution >= 0.6 is 34.8 Å². The Hall–Kier alpha value is -1.00. The molecule has 2 heterocycles. The van der Waals surface area contributed by atoms with Crippen molar-refractivity contribution in [3.63, 3.8) is 0 Å². The first kappa shape index (κ1) is 15.9. The third-order valence-electron chi connectivity index (χ3n) is 3.83. The predicted octanol–water partition coefficient (Wildman–Crippen LogP) is 3.11. The Bertz CT molecular complexity index is 799. The molecule has 2 N–H and O–H groups in total. The van der Waals surface area contributed by atoms with E-state index in [1.807, 2.05) is 6.07 Å². The maximum absolute atomic E-state index is 10.2. The Labute approximate surface area is 141 Å². The van der Waals surface area contributed by atoms with E-state index < -0.39 is 24.5 Å². The molecule has 1 aromatic carbocycles. The fourth-order valence-electron chi connectivity index (χ4n) is 2.67. The number of nitriles is 1. The highest BCUT2D eigenvalue weighted by Gasteiger charge is 2.43. The van der Waals surface area contributed by atoms with Gasteiger partial charge in [-0.2, -0.15) is 5.26 Å². The van der Waals surface area contributed by atoms with Crippen LogP contribution in [0.3, 0.4) is 0 Å². The number of aliphatic hydroxyl groups is 2. The fraction of sp³-hybridized carbons (Fsp3) is 0.357. The molecule has 1 aliphatic rings. The lowest BCUT2D eigenvalue weighted by Gasteiger charge is -2.19. The van der Waals surface area contributed by atoms with Crippen molar-refractivity contribution in [3.8, 4) is 6.07 Å². The number of nitrogens with zero attached hydrogens (tertiary/aromatic N) is 2. The molecule has 0 amide bonds. The van der Waals surface area contributed by atoms with E-state index in [0.29, 0.717) is 15.9 Å². The van der Waals surface area contributed by atoms with Crippen LogP contribution in [0.4, 0.5) is 0 Å². The highest BCUT2D eigenvalue weighted by atomic mass is 35.5. The molecule has 8 heteroatoms. The molecule has 1 fully saturated rings. The van der Waals surface area contributed by atoms with Crippen LogP contribution in [0.5, 0.6) is 0 Å². The molecule has 22 heavy (non-hydrogen) atoms. The van der Waals surface area contributed by atoms with Gasteiger partial charge in [-0.3, -0.25) is 0 Å². The van der Waals surface area contributed by atoms with E-state index in [9.17, 15) is 15.5 Å². The van der Waals surface area contributed by atoms with E-state index in [1.54, 1.807) is 19.1 Å². The van der Waals surface area contributed by atoms with Gasteiger partial charge in [0.1, 0.15) is 23.4 Å². The zero-order chi connectivity index (χ0) is 16.2. The van der Waals surface area contributed by atoms with Gasteiger partial charge in [-0.1, -0.05) is 34.8 Å². The first-order chi connectivity index (χ1) is 10.4. The lowest BCUT2D eigenvalue weighted by atomic mass is 10.1. The minimum atomic E-state index is -1.18. The Morgan fingerprint density at radius 3 is 2.36 bits per heavy atom. The number of rotatable bonds is 1. The molecule has 1 aromatic heterocycles. The van der Waals surface area contributed by atoms with Crippen LogP contribution in [0.1, 0.15) is 18.7 Å². The summed E-state index contributed by atoms with van der Waals surface area (Å²) in [5, 5.41) is 30.6. The molecule has 4 atom stereocenters. The van der Waals surface area contributed by atoms with Gasteiger partial charge in [-0.25, -0.2) is 0 Å². The van der Waals surface area contributed by atoms with E-state index in [2.05, 4.69) is 0 Å². The minimum Gasteiger partial charge on any atom is -0.388 e. The highest BCUT2D eigenvalue weighted by molar-refractivity contribution is 6.43. The molecule has 0 saturated carbocycles. The van der Waals surface area contributed by atoms with Crippen LogP contribution in [0.15, 0.2) is 12.1 Å². The Morgan fingerprint density at radius 2 is 1.82 bits per heavy atom. The number of benzene rings is 1. The van der Waals surface area contributed by atoms with E-state index in [-0.39, 0.29) is 15.7 Å². The first-order valence-electron chi connectivity index (χ1n) is 6.47. The van der Waals surface area contributed by atoms with Crippen molar-refractivity contribution in [2.75, 3.05) is 0 Å². The second-order valence-electron chi connectivity index (χ2n) is 5.14. The van der Waals surface area contributed by atoms with Gasteiger partial charge in [-0.05, 0) is 19.1 Å². The zero-order valence-electron chi connectivity index (χ0n) is 11.3. The van der Waals surface area contributed by atoms with E-state index in [1.165, 1.54) is 4.57 Å². The average molecular weight is 362 g/mol. The molecular formula is C14H11Cl3N2O3. The molecule has 1 aliphatic heterocycles. The average Bonchev–Trinajstić information content (AvgIpc) is 2.87. The van der Waals surface area contributed by atoms with Crippen molar-refractivity contribution in [2.24, 2.45) is 0 Å². The molecule has 0 aliphatic carbocycles. The van der Waals surface area contributed by atoms with Gasteiger partial charge in [0.05, 0.1) is 27.2 Å². The molecule has 116 valence electrons. The summed E-state index contributed by atoms with van der Waals surface area (Å²) in [7, 11) is 0. The monoisotopic (exact) mass is 360 g/mol. The van der Waals surface area contributed by atoms with Crippen LogP contribution < -0.4 is 0 Å². The number of hydrogen-bond donors (Lipinski definition) is 2. The van der Waals surface area contributed by atoms with Gasteiger partial charge in [0.15, 0.2) is 6.23 Å². The van der Waals surface area contributed by atoms with Gasteiger partial charge in [-0.15, -0.1) is 0 Å². The molecule has 0 radical (unpaired) electrons. The summed E-state index contributed by atoms with van der Waals surface area (Å²) in [6.45, 7) is 1.64. The van der Waals surface area contributed by atoms with Crippen molar-refractivity contribution < 1.29 is 14.9 Å². The van der Waals surface area contributed by atoms with Gasteiger partial charge < -0.3 is 19.5 Å². The lowest BCUT2D eigenvalue weighted by Crippen LogP contribution is -2.30. The molecule has 1 saturated heterocycles. The standard InChI is InChI=1S/C14H11Cl3N2O3/c1-5-11(20)12(21)14(22-5)19-10-3-9(16)8(15)2-6(10)7(4-18)13(19)17/h2-3,5,11-12,14,20-21H,1H3/t5-,11?,12?,14-/m1/s1. The van der Waals surface area contributed by atoms with Gasteiger partial charge >= 0.3 is 0 Å². The smallest absolute Gasteiger partial charge is 0.164 e. The summed E-state index contributed by atoms with van der Waals surface area (Å²) in [5.74, 6) is 0. The van der Waals surface area contributed by atoms with Crippen LogP contribution in [0, 0.1) is 11.3 Å². The fourth-order valence-corrected chi connectivity index (χ4v) is 3.32. The van der Waals surface area contributed by atoms with Crippen LogP contribution in [-0.2, 0) is 4.74 Å². The molecule has 0 bridgehead atoms. The predicted molar refractivity (Wildman–Crippen MR) is 83.3 cm³/mol. The molecule has 2 unspecified atom stereocenters. The van der Waals surface area contributed by atoms with Crippen LogP contribution in [0.25, 0.3) is 10.9 Å². The second-order valence-corrected chi connectivity index (χ2v) is 6.32. The van der Waals surface area contributed by atoms with E-state index >= 15 is 0 Å². The summed E-state index contributed by atoms with van der Waals surface area (Å²) < 4.78 is 7.04. The number of aromatic nitrogens is 1. The Kier molecular flexibility index (Phi) is 4.02. The van der Waals surface area contributed by atoms with Crippen LogP contribution in [0.2, 0.25) is 15.2 Å². The minimum absolute atomic E-state index is 0.0983. The number of halogens is 3. The number of fused-ring (bicyclic) bond motifs is 1. The maximum Gasteiger partial charge on any atom is 0.164 e. The largest absolute Gasteiger partial charge is 0.388 e. The molecule has 2 aromatic rings. The van der Waals surface area contributed by atoms with Crippen molar-refractivity contribution in [2.45, 2.75) is 31.5 Å². The second kappa shape index (κ2) is 5.57. The third-order valence-corrected chi connectivity index (χ3v) is 4.92. The zero-order valence-corrected chi connectivity index (χ0v) is 13.6. The van der Waals surface area contributed by atoms with Gasteiger partial charge in [0.2, 0.25) is 0 Å². The summed E-state index contributed by atoms with van der Waals surface area (Å²) >= 11 is 18.3. The van der Waals surface area contributed by atoms with Crippen molar-refractivity contribution in [1.82, 2.24) is 4.57 Å². The van der Waals surface area contributed by atoms with Crippen LogP contribution in [-0.4, -0.2) is 33.1 Å². The van der Waals surface area contributed by atoms with E-state index in [0.717, 1.165) is 0 Å². The summed E-state index contributed by atoms with van der Waals surface area (Å²) in [5.41, 5.74) is 0.710. The highest BCUT2D eigenvalue weighted by Crippen LogP contribution is 2.40. The van der Waals surface area contributed by atoms with Gasteiger partial charge in [0.25, 0.3) is 0 Å². The summed E-state index contributed by atoms with van der Waals surface area (Å²) in [6.07, 6.45) is -3.71. The topological polar surface area (TPSA) is 78.4 Å².